The van der Waals surface area contributed by atoms with Crippen LogP contribution in [0.1, 0.15) is 24.9 Å². The van der Waals surface area contributed by atoms with Crippen LogP contribution in [0.3, 0.4) is 0 Å². The largest absolute Gasteiger partial charge is 0.352 e. The van der Waals surface area contributed by atoms with E-state index in [1.807, 2.05) is 36.7 Å². The first-order valence-corrected chi connectivity index (χ1v) is 9.75. The minimum absolute atomic E-state index is 0. The Kier molecular flexibility index (Phi) is 7.29. The standard InChI is InChI=1S/C21H27N7.HI/c1-17-7-10-26(14-20(17)28-12-9-24-16-28)21(22-2)25-13-18-5-3-4-6-19(18)27-11-8-23-15-27;/h3-6,8-9,11-12,15-17,20H,7,10,13-14H2,1-2H3,(H,22,25);1H. The van der Waals surface area contributed by atoms with Crippen LogP contribution in [0.5, 0.6) is 0 Å². The Morgan fingerprint density at radius 2 is 1.97 bits per heavy atom. The van der Waals surface area contributed by atoms with Crippen LogP contribution >= 0.6 is 24.0 Å². The van der Waals surface area contributed by atoms with Gasteiger partial charge in [-0.3, -0.25) is 4.99 Å². The van der Waals surface area contributed by atoms with Gasteiger partial charge in [0.15, 0.2) is 5.96 Å². The minimum atomic E-state index is 0. The highest BCUT2D eigenvalue weighted by Crippen LogP contribution is 2.27. The first kappa shape index (κ1) is 21.4. The molecule has 0 aliphatic carbocycles. The SMILES string of the molecule is CN=C(NCc1ccccc1-n1ccnc1)N1CCC(C)C(n2ccnc2)C1.I. The summed E-state index contributed by atoms with van der Waals surface area (Å²) >= 11 is 0. The van der Waals surface area contributed by atoms with E-state index in [1.165, 1.54) is 5.56 Å². The number of imidazole rings is 2. The molecule has 0 amide bonds. The van der Waals surface area contributed by atoms with Gasteiger partial charge in [0, 0.05) is 51.5 Å². The molecule has 1 N–H and O–H groups in total. The van der Waals surface area contributed by atoms with Gasteiger partial charge in [-0.2, -0.15) is 0 Å². The second-order valence-corrected chi connectivity index (χ2v) is 7.29. The number of hydrogen-bond acceptors (Lipinski definition) is 3. The number of nitrogens with zero attached hydrogens (tertiary/aromatic N) is 6. The van der Waals surface area contributed by atoms with Gasteiger partial charge in [-0.1, -0.05) is 25.1 Å². The fraction of sp³-hybridized carbons (Fsp3) is 0.381. The number of aromatic nitrogens is 4. The number of hydrogen-bond donors (Lipinski definition) is 1. The van der Waals surface area contributed by atoms with Crippen LogP contribution in [0.25, 0.3) is 5.69 Å². The van der Waals surface area contributed by atoms with Crippen molar-refractivity contribution in [2.45, 2.75) is 25.9 Å². The van der Waals surface area contributed by atoms with Crippen LogP contribution in [0.2, 0.25) is 0 Å². The van der Waals surface area contributed by atoms with Crippen LogP contribution in [0.4, 0.5) is 0 Å². The first-order valence-electron chi connectivity index (χ1n) is 9.75. The summed E-state index contributed by atoms with van der Waals surface area (Å²) in [6.07, 6.45) is 12.6. The molecule has 1 saturated heterocycles. The zero-order valence-corrected chi connectivity index (χ0v) is 19.2. The first-order chi connectivity index (χ1) is 13.8. The number of piperidine rings is 1. The minimum Gasteiger partial charge on any atom is -0.352 e. The predicted molar refractivity (Wildman–Crippen MR) is 126 cm³/mol. The van der Waals surface area contributed by atoms with E-state index in [2.05, 4.69) is 67.1 Å². The average Bonchev–Trinajstić information content (AvgIpc) is 3.44. The molecule has 1 fully saturated rings. The fourth-order valence-corrected chi connectivity index (χ4v) is 3.92. The van der Waals surface area contributed by atoms with Crippen molar-refractivity contribution in [2.75, 3.05) is 20.1 Å². The van der Waals surface area contributed by atoms with Gasteiger partial charge in [0.2, 0.25) is 0 Å². The molecule has 7 nitrogen and oxygen atoms in total. The van der Waals surface area contributed by atoms with E-state index in [4.69, 9.17) is 0 Å². The third-order valence-electron chi connectivity index (χ3n) is 5.55. The van der Waals surface area contributed by atoms with Crippen LogP contribution in [0.15, 0.2) is 66.7 Å². The topological polar surface area (TPSA) is 63.3 Å². The maximum absolute atomic E-state index is 4.55. The Hall–Kier alpha value is -2.36. The normalized spacial score (nSPS) is 19.7. The highest BCUT2D eigenvalue weighted by molar-refractivity contribution is 14.0. The number of likely N-dealkylation sites (tertiary alicyclic amines) is 1. The summed E-state index contributed by atoms with van der Waals surface area (Å²) in [7, 11) is 1.86. The monoisotopic (exact) mass is 505 g/mol. The fourth-order valence-electron chi connectivity index (χ4n) is 3.92. The lowest BCUT2D eigenvalue weighted by atomic mass is 9.93. The quantitative estimate of drug-likeness (QED) is 0.336. The van der Waals surface area contributed by atoms with Crippen molar-refractivity contribution in [3.63, 3.8) is 0 Å². The van der Waals surface area contributed by atoms with Gasteiger partial charge in [0.1, 0.15) is 0 Å². The molecule has 4 rings (SSSR count). The number of halogens is 1. The molecular formula is C21H28IN7. The van der Waals surface area contributed by atoms with E-state index < -0.39 is 0 Å². The maximum atomic E-state index is 4.55. The number of rotatable bonds is 4. The number of nitrogens with one attached hydrogen (secondary N) is 1. The van der Waals surface area contributed by atoms with E-state index in [9.17, 15) is 0 Å². The molecule has 0 bridgehead atoms. The van der Waals surface area contributed by atoms with Crippen molar-refractivity contribution in [2.24, 2.45) is 10.9 Å². The Morgan fingerprint density at radius 1 is 1.17 bits per heavy atom. The molecule has 2 unspecified atom stereocenters. The summed E-state index contributed by atoms with van der Waals surface area (Å²) in [6.45, 7) is 4.97. The molecule has 3 heterocycles. The molecular weight excluding hydrogens is 477 g/mol. The smallest absolute Gasteiger partial charge is 0.193 e. The maximum Gasteiger partial charge on any atom is 0.193 e. The number of para-hydroxylation sites is 1. The Morgan fingerprint density at radius 3 is 2.69 bits per heavy atom. The van der Waals surface area contributed by atoms with Crippen molar-refractivity contribution < 1.29 is 0 Å². The van der Waals surface area contributed by atoms with Gasteiger partial charge >= 0.3 is 0 Å². The second kappa shape index (κ2) is 9.91. The van der Waals surface area contributed by atoms with E-state index in [0.29, 0.717) is 18.5 Å². The summed E-state index contributed by atoms with van der Waals surface area (Å²) in [5.74, 6) is 1.56. The molecule has 1 aliphatic heterocycles. The molecule has 154 valence electrons. The van der Waals surface area contributed by atoms with Gasteiger partial charge in [0.25, 0.3) is 0 Å². The number of aliphatic imine (C=N–C) groups is 1. The van der Waals surface area contributed by atoms with Gasteiger partial charge in [-0.15, -0.1) is 24.0 Å². The van der Waals surface area contributed by atoms with E-state index >= 15 is 0 Å². The van der Waals surface area contributed by atoms with E-state index in [0.717, 1.165) is 31.2 Å². The molecule has 1 aliphatic rings. The van der Waals surface area contributed by atoms with Crippen molar-refractivity contribution in [1.29, 1.82) is 0 Å². The summed E-state index contributed by atoms with van der Waals surface area (Å²) in [6, 6.07) is 8.78. The van der Waals surface area contributed by atoms with Gasteiger partial charge in [-0.25, -0.2) is 9.97 Å². The molecule has 2 atom stereocenters. The zero-order chi connectivity index (χ0) is 19.3. The summed E-state index contributed by atoms with van der Waals surface area (Å²) in [5, 5.41) is 3.56. The average molecular weight is 505 g/mol. The molecule has 0 saturated carbocycles. The second-order valence-electron chi connectivity index (χ2n) is 7.29. The lowest BCUT2D eigenvalue weighted by Crippen LogP contribution is -2.48. The number of benzene rings is 1. The van der Waals surface area contributed by atoms with Crippen molar-refractivity contribution in [3.05, 3.63) is 67.3 Å². The van der Waals surface area contributed by atoms with E-state index in [1.54, 1.807) is 6.20 Å². The lowest BCUT2D eigenvalue weighted by Gasteiger charge is -2.39. The van der Waals surface area contributed by atoms with Gasteiger partial charge in [-0.05, 0) is 24.0 Å². The Balaban J connectivity index is 0.00000240. The molecule has 3 aromatic rings. The predicted octanol–water partition coefficient (Wildman–Crippen LogP) is 3.35. The lowest BCUT2D eigenvalue weighted by molar-refractivity contribution is 0.189. The summed E-state index contributed by atoms with van der Waals surface area (Å²) < 4.78 is 4.26. The van der Waals surface area contributed by atoms with Crippen LogP contribution in [-0.4, -0.2) is 50.1 Å². The number of guanidine groups is 1. The van der Waals surface area contributed by atoms with Crippen LogP contribution < -0.4 is 5.32 Å². The zero-order valence-electron chi connectivity index (χ0n) is 16.8. The molecule has 0 radical (unpaired) electrons. The third kappa shape index (κ3) is 4.80. The highest BCUT2D eigenvalue weighted by Gasteiger charge is 2.28. The van der Waals surface area contributed by atoms with E-state index in [-0.39, 0.29) is 24.0 Å². The van der Waals surface area contributed by atoms with Crippen molar-refractivity contribution >= 4 is 29.9 Å². The van der Waals surface area contributed by atoms with Gasteiger partial charge in [0.05, 0.1) is 24.4 Å². The molecule has 2 aromatic heterocycles. The van der Waals surface area contributed by atoms with Crippen molar-refractivity contribution in [3.8, 4) is 5.69 Å². The van der Waals surface area contributed by atoms with Crippen molar-refractivity contribution in [1.82, 2.24) is 29.3 Å². The molecule has 29 heavy (non-hydrogen) atoms. The Bertz CT molecular complexity index is 905. The highest BCUT2D eigenvalue weighted by atomic mass is 127. The summed E-state index contributed by atoms with van der Waals surface area (Å²) in [5.41, 5.74) is 2.34. The molecule has 1 aromatic carbocycles. The Labute approximate surface area is 188 Å². The van der Waals surface area contributed by atoms with Crippen LogP contribution in [0, 0.1) is 5.92 Å². The van der Waals surface area contributed by atoms with Crippen LogP contribution in [-0.2, 0) is 6.54 Å². The van der Waals surface area contributed by atoms with Gasteiger partial charge < -0.3 is 19.4 Å². The molecule has 8 heteroatoms. The summed E-state index contributed by atoms with van der Waals surface area (Å²) in [4.78, 5) is 15.3. The molecule has 0 spiro atoms. The third-order valence-corrected chi connectivity index (χ3v) is 5.55.